The zero-order valence-corrected chi connectivity index (χ0v) is 18.5. The van der Waals surface area contributed by atoms with E-state index in [4.69, 9.17) is 24.4 Å². The fourth-order valence-electron chi connectivity index (χ4n) is 4.27. The van der Waals surface area contributed by atoms with Crippen molar-refractivity contribution < 1.29 is 9.47 Å². The molecule has 0 amide bonds. The van der Waals surface area contributed by atoms with Crippen LogP contribution < -0.4 is 0 Å². The lowest BCUT2D eigenvalue weighted by Gasteiger charge is -2.09. The van der Waals surface area contributed by atoms with Crippen molar-refractivity contribution in [3.05, 3.63) is 126 Å². The van der Waals surface area contributed by atoms with Gasteiger partial charge in [-0.25, -0.2) is 15.0 Å². The van der Waals surface area contributed by atoms with Gasteiger partial charge in [0, 0.05) is 0 Å². The van der Waals surface area contributed by atoms with E-state index in [1.54, 1.807) is 0 Å². The fraction of sp³-hybridized carbons (Fsp3) is 0.138. The van der Waals surface area contributed by atoms with E-state index >= 15 is 0 Å². The Morgan fingerprint density at radius 2 is 0.971 bits per heavy atom. The summed E-state index contributed by atoms with van der Waals surface area (Å²) in [6.45, 7) is 0.999. The second kappa shape index (κ2) is 8.94. The van der Waals surface area contributed by atoms with Gasteiger partial charge >= 0.3 is 0 Å². The lowest BCUT2D eigenvalue weighted by Crippen LogP contribution is -2.11. The SMILES string of the molecule is c1ccc(-c2cc(C3=N[C@@H](c4ccccc4)CO3)nc(C3=N[C@@H](c4ccccc4)CO3)c2)cc1. The number of rotatable bonds is 5. The van der Waals surface area contributed by atoms with Crippen LogP contribution in [-0.2, 0) is 9.47 Å². The van der Waals surface area contributed by atoms with Gasteiger partial charge in [-0.05, 0) is 34.4 Å². The van der Waals surface area contributed by atoms with Gasteiger partial charge in [0.1, 0.15) is 36.7 Å². The van der Waals surface area contributed by atoms with E-state index in [0.717, 1.165) is 22.3 Å². The van der Waals surface area contributed by atoms with Crippen LogP contribution >= 0.6 is 0 Å². The second-order valence-corrected chi connectivity index (χ2v) is 8.34. The van der Waals surface area contributed by atoms with Gasteiger partial charge in [-0.2, -0.15) is 0 Å². The van der Waals surface area contributed by atoms with Crippen LogP contribution in [0.3, 0.4) is 0 Å². The molecule has 0 spiro atoms. The predicted molar refractivity (Wildman–Crippen MR) is 133 cm³/mol. The lowest BCUT2D eigenvalue weighted by molar-refractivity contribution is 0.317. The first-order valence-corrected chi connectivity index (χ1v) is 11.4. The van der Waals surface area contributed by atoms with Gasteiger partial charge in [0.25, 0.3) is 0 Å². The zero-order chi connectivity index (χ0) is 22.7. The average Bonchev–Trinajstić information content (AvgIpc) is 3.61. The van der Waals surface area contributed by atoms with Gasteiger partial charge < -0.3 is 9.47 Å². The molecular formula is C29H23N3O2. The van der Waals surface area contributed by atoms with E-state index < -0.39 is 0 Å². The second-order valence-electron chi connectivity index (χ2n) is 8.34. The Bertz CT molecular complexity index is 1270. The van der Waals surface area contributed by atoms with E-state index in [0.29, 0.717) is 36.4 Å². The minimum Gasteiger partial charge on any atom is -0.474 e. The summed E-state index contributed by atoms with van der Waals surface area (Å²) in [5, 5.41) is 0. The summed E-state index contributed by atoms with van der Waals surface area (Å²) in [5.74, 6) is 1.09. The molecule has 0 fully saturated rings. The quantitative estimate of drug-likeness (QED) is 0.391. The normalized spacial score (nSPS) is 19.2. The molecule has 2 aliphatic heterocycles. The predicted octanol–water partition coefficient (Wildman–Crippen LogP) is 5.78. The van der Waals surface area contributed by atoms with Crippen molar-refractivity contribution in [1.29, 1.82) is 0 Å². The molecule has 0 N–H and O–H groups in total. The Morgan fingerprint density at radius 3 is 1.44 bits per heavy atom. The highest BCUT2D eigenvalue weighted by Crippen LogP contribution is 2.29. The Morgan fingerprint density at radius 1 is 0.529 bits per heavy atom. The summed E-state index contributed by atoms with van der Waals surface area (Å²) in [5.41, 5.74) is 5.74. The molecule has 0 saturated carbocycles. The third-order valence-corrected chi connectivity index (χ3v) is 6.04. The first-order chi connectivity index (χ1) is 16.8. The molecule has 1 aromatic heterocycles. The van der Waals surface area contributed by atoms with Gasteiger partial charge in [0.2, 0.25) is 11.8 Å². The first kappa shape index (κ1) is 20.4. The van der Waals surface area contributed by atoms with Crippen LogP contribution in [0.25, 0.3) is 11.1 Å². The Balaban J connectivity index is 1.39. The molecule has 0 unspecified atom stereocenters. The van der Waals surface area contributed by atoms with Crippen molar-refractivity contribution in [1.82, 2.24) is 4.98 Å². The number of benzene rings is 3. The molecular weight excluding hydrogens is 422 g/mol. The maximum atomic E-state index is 6.01. The van der Waals surface area contributed by atoms with Crippen LogP contribution in [-0.4, -0.2) is 30.0 Å². The minimum absolute atomic E-state index is 0.0376. The van der Waals surface area contributed by atoms with Gasteiger partial charge in [0.05, 0.1) is 0 Å². The zero-order valence-electron chi connectivity index (χ0n) is 18.5. The summed E-state index contributed by atoms with van der Waals surface area (Å²) >= 11 is 0. The Labute approximate surface area is 198 Å². The molecule has 3 heterocycles. The molecule has 5 nitrogen and oxygen atoms in total. The van der Waals surface area contributed by atoms with E-state index in [2.05, 4.69) is 36.4 Å². The number of aliphatic imine (C=N–C) groups is 2. The Kier molecular flexibility index (Phi) is 5.36. The van der Waals surface area contributed by atoms with Crippen LogP contribution in [0.15, 0.2) is 113 Å². The number of ether oxygens (including phenoxy) is 2. The van der Waals surface area contributed by atoms with E-state index in [-0.39, 0.29) is 12.1 Å². The molecule has 0 aliphatic carbocycles. The summed E-state index contributed by atoms with van der Waals surface area (Å²) in [6, 6.07) is 34.6. The summed E-state index contributed by atoms with van der Waals surface area (Å²) in [7, 11) is 0. The molecule has 0 saturated heterocycles. The van der Waals surface area contributed by atoms with Crippen molar-refractivity contribution in [2.45, 2.75) is 12.1 Å². The first-order valence-electron chi connectivity index (χ1n) is 11.4. The molecule has 166 valence electrons. The van der Waals surface area contributed by atoms with Crippen molar-refractivity contribution in [3.63, 3.8) is 0 Å². The monoisotopic (exact) mass is 445 g/mol. The molecule has 2 atom stereocenters. The number of hydrogen-bond acceptors (Lipinski definition) is 5. The smallest absolute Gasteiger partial charge is 0.236 e. The van der Waals surface area contributed by atoms with Crippen molar-refractivity contribution in [2.24, 2.45) is 9.98 Å². The van der Waals surface area contributed by atoms with Crippen molar-refractivity contribution in [2.75, 3.05) is 13.2 Å². The van der Waals surface area contributed by atoms with Crippen LogP contribution in [0.2, 0.25) is 0 Å². The molecule has 34 heavy (non-hydrogen) atoms. The highest BCUT2D eigenvalue weighted by molar-refractivity contribution is 5.99. The van der Waals surface area contributed by atoms with Gasteiger partial charge in [0.15, 0.2) is 0 Å². The molecule has 3 aromatic carbocycles. The summed E-state index contributed by atoms with van der Waals surface area (Å²) < 4.78 is 12.0. The minimum atomic E-state index is -0.0376. The topological polar surface area (TPSA) is 56.1 Å². The van der Waals surface area contributed by atoms with Gasteiger partial charge in [-0.3, -0.25) is 0 Å². The number of aromatic nitrogens is 1. The highest BCUT2D eigenvalue weighted by Gasteiger charge is 2.26. The summed E-state index contributed by atoms with van der Waals surface area (Å²) in [4.78, 5) is 14.6. The van der Waals surface area contributed by atoms with E-state index in [1.807, 2.05) is 66.7 Å². The van der Waals surface area contributed by atoms with Gasteiger partial charge in [-0.15, -0.1) is 0 Å². The van der Waals surface area contributed by atoms with Crippen LogP contribution in [0.1, 0.15) is 34.6 Å². The summed E-state index contributed by atoms with van der Waals surface area (Å²) in [6.07, 6.45) is 0. The van der Waals surface area contributed by atoms with Gasteiger partial charge in [-0.1, -0.05) is 91.0 Å². The van der Waals surface area contributed by atoms with E-state index in [1.165, 1.54) is 0 Å². The maximum absolute atomic E-state index is 6.01. The van der Waals surface area contributed by atoms with Crippen LogP contribution in [0.5, 0.6) is 0 Å². The fourth-order valence-corrected chi connectivity index (χ4v) is 4.27. The molecule has 4 aromatic rings. The van der Waals surface area contributed by atoms with E-state index in [9.17, 15) is 0 Å². The lowest BCUT2D eigenvalue weighted by atomic mass is 10.0. The third-order valence-electron chi connectivity index (χ3n) is 6.04. The maximum Gasteiger partial charge on any atom is 0.236 e. The molecule has 0 bridgehead atoms. The number of nitrogens with zero attached hydrogens (tertiary/aromatic N) is 3. The van der Waals surface area contributed by atoms with Crippen molar-refractivity contribution in [3.8, 4) is 11.1 Å². The molecule has 2 aliphatic rings. The van der Waals surface area contributed by atoms with Crippen LogP contribution in [0, 0.1) is 0 Å². The number of hydrogen-bond donors (Lipinski definition) is 0. The van der Waals surface area contributed by atoms with Crippen LogP contribution in [0.4, 0.5) is 0 Å². The third kappa shape index (κ3) is 4.08. The standard InChI is InChI=1S/C29H23N3O2/c1-4-10-20(11-5-1)23-16-24(28-31-26(18-33-28)21-12-6-2-7-13-21)30-25(17-23)29-32-27(19-34-29)22-14-8-3-9-15-22/h1-17,26-27H,18-19H2/t26-,27-/m1/s1. The molecule has 5 heteroatoms. The Hall–Kier alpha value is -4.25. The average molecular weight is 446 g/mol. The number of pyridine rings is 1. The largest absolute Gasteiger partial charge is 0.474 e. The molecule has 6 rings (SSSR count). The van der Waals surface area contributed by atoms with Crippen molar-refractivity contribution >= 4 is 11.8 Å². The molecule has 0 radical (unpaired) electrons. The highest BCUT2D eigenvalue weighted by atomic mass is 16.5.